The third-order valence-electron chi connectivity index (χ3n) is 4.71. The Hall–Kier alpha value is -2.37. The molecule has 0 unspecified atom stereocenters. The van der Waals surface area contributed by atoms with Crippen molar-refractivity contribution in [1.82, 2.24) is 9.97 Å². The van der Waals surface area contributed by atoms with Gasteiger partial charge >= 0.3 is 0 Å². The molecule has 0 spiro atoms. The molecule has 0 aliphatic carbocycles. The number of hydrogen-bond donors (Lipinski definition) is 0. The van der Waals surface area contributed by atoms with E-state index in [1.54, 1.807) is 0 Å². The number of rotatable bonds is 3. The van der Waals surface area contributed by atoms with Gasteiger partial charge in [0.2, 0.25) is 0 Å². The largest absolute Gasteiger partial charge is 0.378 e. The van der Waals surface area contributed by atoms with Gasteiger partial charge in [-0.15, -0.1) is 0 Å². The molecule has 0 saturated carbocycles. The molecule has 1 aliphatic heterocycles. The number of benzene rings is 1. The lowest BCUT2D eigenvalue weighted by Gasteiger charge is -2.29. The summed E-state index contributed by atoms with van der Waals surface area (Å²) in [5.74, 6) is 0. The van der Waals surface area contributed by atoms with E-state index in [1.165, 1.54) is 5.69 Å². The zero-order valence-electron chi connectivity index (χ0n) is 14.9. The first-order chi connectivity index (χ1) is 12.6. The Labute approximate surface area is 158 Å². The van der Waals surface area contributed by atoms with E-state index < -0.39 is 0 Å². The summed E-state index contributed by atoms with van der Waals surface area (Å²) in [6.45, 7) is 3.32. The van der Waals surface area contributed by atoms with Crippen LogP contribution in [0.15, 0.2) is 42.7 Å². The lowest BCUT2D eigenvalue weighted by molar-refractivity contribution is 0.123. The molecule has 1 saturated heterocycles. The van der Waals surface area contributed by atoms with Gasteiger partial charge in [-0.3, -0.25) is 4.98 Å². The number of ether oxygens (including phenoxy) is 1. The maximum absolute atomic E-state index is 6.22. The molecule has 0 atom stereocenters. The quantitative estimate of drug-likeness (QED) is 0.657. The van der Waals surface area contributed by atoms with Crippen molar-refractivity contribution in [2.75, 3.05) is 50.2 Å². The fraction of sp³-hybridized carbons (Fsp3) is 0.300. The van der Waals surface area contributed by atoms with Gasteiger partial charge in [-0.25, -0.2) is 4.98 Å². The number of pyridine rings is 2. The Morgan fingerprint density at radius 1 is 1.04 bits per heavy atom. The molecule has 3 aromatic rings. The van der Waals surface area contributed by atoms with Crippen molar-refractivity contribution in [2.45, 2.75) is 0 Å². The summed E-state index contributed by atoms with van der Waals surface area (Å²) in [6, 6.07) is 10.5. The predicted octanol–water partition coefficient (Wildman–Crippen LogP) is 3.85. The highest BCUT2D eigenvalue weighted by atomic mass is 35.5. The van der Waals surface area contributed by atoms with Crippen molar-refractivity contribution >= 4 is 33.9 Å². The number of aromatic nitrogens is 2. The van der Waals surface area contributed by atoms with Crippen LogP contribution in [0.5, 0.6) is 0 Å². The van der Waals surface area contributed by atoms with Crippen LogP contribution in [0, 0.1) is 0 Å². The van der Waals surface area contributed by atoms with Crippen LogP contribution in [0.4, 0.5) is 11.4 Å². The van der Waals surface area contributed by atoms with Crippen molar-refractivity contribution in [3.8, 4) is 11.1 Å². The van der Waals surface area contributed by atoms with Gasteiger partial charge in [-0.05, 0) is 29.8 Å². The van der Waals surface area contributed by atoms with Crippen LogP contribution in [0.25, 0.3) is 22.0 Å². The monoisotopic (exact) mass is 368 g/mol. The van der Waals surface area contributed by atoms with E-state index in [4.69, 9.17) is 16.3 Å². The summed E-state index contributed by atoms with van der Waals surface area (Å²) in [7, 11) is 3.93. The van der Waals surface area contributed by atoms with Crippen molar-refractivity contribution in [2.24, 2.45) is 0 Å². The molecule has 3 heterocycles. The van der Waals surface area contributed by atoms with Crippen molar-refractivity contribution in [1.29, 1.82) is 0 Å². The molecular weight excluding hydrogens is 348 g/mol. The third kappa shape index (κ3) is 3.20. The summed E-state index contributed by atoms with van der Waals surface area (Å²) in [5.41, 5.74) is 5.25. The van der Waals surface area contributed by atoms with Gasteiger partial charge in [-0.1, -0.05) is 17.7 Å². The number of morpholine rings is 1. The SMILES string of the molecule is CN(C)c1cc(-c2ccc3nccc(N4CCOCC4)c3c2)cnc1Cl. The number of halogens is 1. The predicted molar refractivity (Wildman–Crippen MR) is 107 cm³/mol. The van der Waals surface area contributed by atoms with Crippen molar-refractivity contribution < 1.29 is 4.74 Å². The zero-order valence-corrected chi connectivity index (χ0v) is 15.7. The van der Waals surface area contributed by atoms with Crippen molar-refractivity contribution in [3.63, 3.8) is 0 Å². The van der Waals surface area contributed by atoms with Crippen LogP contribution in [-0.2, 0) is 4.74 Å². The summed E-state index contributed by atoms with van der Waals surface area (Å²) >= 11 is 6.22. The normalized spacial score (nSPS) is 14.7. The number of anilines is 2. The highest BCUT2D eigenvalue weighted by Crippen LogP contribution is 2.33. The van der Waals surface area contributed by atoms with Crippen LogP contribution < -0.4 is 9.80 Å². The molecule has 0 N–H and O–H groups in total. The first kappa shape index (κ1) is 17.1. The number of fused-ring (bicyclic) bond motifs is 1. The molecular formula is C20H21ClN4O. The summed E-state index contributed by atoms with van der Waals surface area (Å²) in [5, 5.41) is 1.66. The van der Waals surface area contributed by atoms with Gasteiger partial charge in [0.1, 0.15) is 0 Å². The van der Waals surface area contributed by atoms with E-state index in [-0.39, 0.29) is 0 Å². The lowest BCUT2D eigenvalue weighted by Crippen LogP contribution is -2.36. The van der Waals surface area contributed by atoms with Crippen LogP contribution in [0.2, 0.25) is 5.15 Å². The zero-order chi connectivity index (χ0) is 18.1. The Morgan fingerprint density at radius 2 is 1.85 bits per heavy atom. The number of nitrogens with zero attached hydrogens (tertiary/aromatic N) is 4. The topological polar surface area (TPSA) is 41.5 Å². The van der Waals surface area contributed by atoms with E-state index >= 15 is 0 Å². The average Bonchev–Trinajstić information content (AvgIpc) is 2.68. The van der Waals surface area contributed by atoms with Crippen LogP contribution >= 0.6 is 11.6 Å². The Balaban J connectivity index is 1.81. The van der Waals surface area contributed by atoms with E-state index in [0.29, 0.717) is 5.15 Å². The van der Waals surface area contributed by atoms with Gasteiger partial charge in [-0.2, -0.15) is 0 Å². The molecule has 0 radical (unpaired) electrons. The number of hydrogen-bond acceptors (Lipinski definition) is 5. The summed E-state index contributed by atoms with van der Waals surface area (Å²) in [4.78, 5) is 13.2. The molecule has 6 heteroatoms. The standard InChI is InChI=1S/C20H21ClN4O/c1-24(2)19-12-15(13-23-20(19)21)14-3-4-17-16(11-14)18(5-6-22-17)25-7-9-26-10-8-25/h3-6,11-13H,7-10H2,1-2H3. The lowest BCUT2D eigenvalue weighted by atomic mass is 10.0. The molecule has 5 nitrogen and oxygen atoms in total. The Bertz CT molecular complexity index is 938. The van der Waals surface area contributed by atoms with Crippen LogP contribution in [-0.4, -0.2) is 50.4 Å². The molecule has 0 amide bonds. The maximum atomic E-state index is 6.22. The molecule has 4 rings (SSSR count). The minimum atomic E-state index is 0.509. The maximum Gasteiger partial charge on any atom is 0.152 e. The van der Waals surface area contributed by atoms with Gasteiger partial charge in [0.15, 0.2) is 5.15 Å². The first-order valence-corrected chi connectivity index (χ1v) is 9.06. The second-order valence-electron chi connectivity index (χ2n) is 6.59. The van der Waals surface area contributed by atoms with Crippen molar-refractivity contribution in [3.05, 3.63) is 47.9 Å². The molecule has 134 valence electrons. The van der Waals surface area contributed by atoms with E-state index in [9.17, 15) is 0 Å². The Morgan fingerprint density at radius 3 is 2.62 bits per heavy atom. The van der Waals surface area contributed by atoms with Crippen LogP contribution in [0.1, 0.15) is 0 Å². The third-order valence-corrected chi connectivity index (χ3v) is 5.00. The van der Waals surface area contributed by atoms with Gasteiger partial charge in [0.25, 0.3) is 0 Å². The Kier molecular flexibility index (Phi) is 4.66. The molecule has 1 aromatic carbocycles. The van der Waals surface area contributed by atoms with E-state index in [1.807, 2.05) is 31.4 Å². The fourth-order valence-corrected chi connectivity index (χ4v) is 3.57. The molecule has 1 fully saturated rings. The van der Waals surface area contributed by atoms with Gasteiger partial charge < -0.3 is 14.5 Å². The first-order valence-electron chi connectivity index (χ1n) is 8.68. The molecule has 0 bridgehead atoms. The second kappa shape index (κ2) is 7.09. The molecule has 26 heavy (non-hydrogen) atoms. The highest BCUT2D eigenvalue weighted by molar-refractivity contribution is 6.32. The van der Waals surface area contributed by atoms with E-state index in [0.717, 1.165) is 54.0 Å². The minimum Gasteiger partial charge on any atom is -0.378 e. The smallest absolute Gasteiger partial charge is 0.152 e. The highest BCUT2D eigenvalue weighted by Gasteiger charge is 2.15. The van der Waals surface area contributed by atoms with Crippen LogP contribution in [0.3, 0.4) is 0 Å². The van der Waals surface area contributed by atoms with Gasteiger partial charge in [0.05, 0.1) is 24.4 Å². The minimum absolute atomic E-state index is 0.509. The fourth-order valence-electron chi connectivity index (χ4n) is 3.30. The molecule has 2 aromatic heterocycles. The average molecular weight is 369 g/mol. The summed E-state index contributed by atoms with van der Waals surface area (Å²) < 4.78 is 5.49. The summed E-state index contributed by atoms with van der Waals surface area (Å²) in [6.07, 6.45) is 3.70. The van der Waals surface area contributed by atoms with Gasteiger partial charge in [0, 0.05) is 56.2 Å². The molecule has 1 aliphatic rings. The van der Waals surface area contributed by atoms with E-state index in [2.05, 4.69) is 45.2 Å². The second-order valence-corrected chi connectivity index (χ2v) is 6.95.